The smallest absolute Gasteiger partial charge is 0.0789 e. The minimum Gasteiger partial charge on any atom is -0.398 e. The molecule has 0 unspecified atom stereocenters. The Labute approximate surface area is 165 Å². The van der Waals surface area contributed by atoms with Gasteiger partial charge in [0.2, 0.25) is 0 Å². The molecule has 4 N–H and O–H groups in total. The summed E-state index contributed by atoms with van der Waals surface area (Å²) in [6, 6.07) is 12.5. The van der Waals surface area contributed by atoms with Crippen LogP contribution in [0.5, 0.6) is 0 Å². The van der Waals surface area contributed by atoms with Gasteiger partial charge in [-0.2, -0.15) is 0 Å². The van der Waals surface area contributed by atoms with E-state index in [1.807, 2.05) is 38.1 Å². The van der Waals surface area contributed by atoms with Crippen LogP contribution in [-0.2, 0) is 5.41 Å². The maximum Gasteiger partial charge on any atom is 0.0789 e. The molecule has 147 valence electrons. The van der Waals surface area contributed by atoms with Gasteiger partial charge in [-0.1, -0.05) is 72.7 Å². The van der Waals surface area contributed by atoms with Crippen LogP contribution in [0.1, 0.15) is 72.5 Å². The lowest BCUT2D eigenvalue weighted by Gasteiger charge is -2.23. The monoisotopic (exact) mass is 366 g/mol. The van der Waals surface area contributed by atoms with Gasteiger partial charge in [0.15, 0.2) is 0 Å². The lowest BCUT2D eigenvalue weighted by molar-refractivity contribution is 0.589. The first-order chi connectivity index (χ1) is 12.8. The van der Waals surface area contributed by atoms with Crippen molar-refractivity contribution < 1.29 is 1.43 Å². The number of anilines is 1. The molecule has 4 rings (SSSR count). The van der Waals surface area contributed by atoms with Gasteiger partial charge in [-0.15, -0.1) is 0 Å². The van der Waals surface area contributed by atoms with Gasteiger partial charge >= 0.3 is 0 Å². The standard InChI is InChI=1S/C16H22N.C6H6N2.C2H6.H2/c1-10(2)13-8-12(16(3,4)5)9-14(17)15(13)11-6-7-11;1-2-4-6-5(3-1)7-8-6;1-2;/h6-10H,17H2,1-5H3;1-4,7-8H;1-2H3;1H. The predicted octanol–water partition coefficient (Wildman–Crippen LogP) is 7.06. The molecule has 1 aliphatic rings. The van der Waals surface area contributed by atoms with Gasteiger partial charge in [-0.05, 0) is 46.2 Å². The molecule has 2 aromatic carbocycles. The Morgan fingerprint density at radius 2 is 1.48 bits per heavy atom. The molecule has 0 saturated carbocycles. The third-order valence-electron chi connectivity index (χ3n) is 4.57. The Hall–Kier alpha value is -2.42. The summed E-state index contributed by atoms with van der Waals surface area (Å²) in [7, 11) is 0. The fourth-order valence-corrected chi connectivity index (χ4v) is 2.89. The SMILES string of the molecule is CC.CC(C)c1cc(C(C)(C)C)cc(N)c1C1=C[CH]1.[HH].c1ccc2[nH][nH]c2c1. The summed E-state index contributed by atoms with van der Waals surface area (Å²) in [6.45, 7) is 15.2. The van der Waals surface area contributed by atoms with Crippen LogP contribution >= 0.6 is 0 Å². The van der Waals surface area contributed by atoms with E-state index in [9.17, 15) is 0 Å². The van der Waals surface area contributed by atoms with E-state index in [1.54, 1.807) is 0 Å². The van der Waals surface area contributed by atoms with E-state index in [4.69, 9.17) is 5.73 Å². The highest BCUT2D eigenvalue weighted by Gasteiger charge is 2.23. The average Bonchev–Trinajstić information content (AvgIpc) is 3.41. The number of allylic oxidation sites excluding steroid dienone is 2. The number of hydrogen-bond acceptors (Lipinski definition) is 1. The van der Waals surface area contributed by atoms with Crippen LogP contribution in [0.25, 0.3) is 16.6 Å². The minimum absolute atomic E-state index is 0. The highest BCUT2D eigenvalue weighted by molar-refractivity contribution is 5.93. The summed E-state index contributed by atoms with van der Waals surface area (Å²) < 4.78 is 0. The Morgan fingerprint density at radius 3 is 1.81 bits per heavy atom. The van der Waals surface area contributed by atoms with Crippen LogP contribution in [0.3, 0.4) is 0 Å². The Balaban J connectivity index is 0.000000297. The Morgan fingerprint density at radius 1 is 0.963 bits per heavy atom. The topological polar surface area (TPSA) is 57.6 Å². The number of nitrogens with one attached hydrogen (secondary N) is 2. The van der Waals surface area contributed by atoms with E-state index >= 15 is 0 Å². The summed E-state index contributed by atoms with van der Waals surface area (Å²) in [4.78, 5) is 0. The van der Waals surface area contributed by atoms with E-state index < -0.39 is 0 Å². The molecule has 0 atom stereocenters. The van der Waals surface area contributed by atoms with Crippen LogP contribution in [0.15, 0.2) is 42.5 Å². The van der Waals surface area contributed by atoms with Crippen molar-refractivity contribution in [1.82, 2.24) is 10.2 Å². The zero-order chi connectivity index (χ0) is 20.2. The average molecular weight is 367 g/mol. The first-order valence-corrected chi connectivity index (χ1v) is 9.87. The van der Waals surface area contributed by atoms with Gasteiger partial charge < -0.3 is 5.73 Å². The Kier molecular flexibility index (Phi) is 6.59. The molecule has 0 amide bonds. The zero-order valence-corrected chi connectivity index (χ0v) is 17.8. The second-order valence-corrected chi connectivity index (χ2v) is 8.02. The van der Waals surface area contributed by atoms with Gasteiger partial charge in [-0.3, -0.25) is 10.2 Å². The molecule has 1 aromatic heterocycles. The van der Waals surface area contributed by atoms with E-state index in [0.29, 0.717) is 5.92 Å². The number of H-pyrrole nitrogens is 2. The van der Waals surface area contributed by atoms with Crippen LogP contribution in [0, 0.1) is 6.42 Å². The molecule has 0 spiro atoms. The van der Waals surface area contributed by atoms with Gasteiger partial charge in [0.25, 0.3) is 0 Å². The van der Waals surface area contributed by atoms with Crippen LogP contribution in [0.2, 0.25) is 0 Å². The summed E-state index contributed by atoms with van der Waals surface area (Å²) in [5.74, 6) is 0.504. The maximum absolute atomic E-state index is 6.24. The first-order valence-electron chi connectivity index (χ1n) is 9.87. The number of aromatic amines is 2. The van der Waals surface area contributed by atoms with Crippen molar-refractivity contribution in [3.8, 4) is 0 Å². The van der Waals surface area contributed by atoms with Gasteiger partial charge in [0.1, 0.15) is 0 Å². The van der Waals surface area contributed by atoms with Crippen molar-refractivity contribution in [3.05, 3.63) is 65.6 Å². The number of nitrogen functional groups attached to an aromatic ring is 1. The van der Waals surface area contributed by atoms with Crippen molar-refractivity contribution in [2.45, 2.75) is 59.8 Å². The number of rotatable bonds is 2. The molecule has 0 bridgehead atoms. The number of para-hydroxylation sites is 2. The minimum atomic E-state index is 0. The van der Waals surface area contributed by atoms with Crippen LogP contribution < -0.4 is 5.73 Å². The van der Waals surface area contributed by atoms with Crippen molar-refractivity contribution in [2.24, 2.45) is 0 Å². The number of nitrogens with two attached hydrogens (primary N) is 1. The third kappa shape index (κ3) is 5.06. The van der Waals surface area contributed by atoms with Gasteiger partial charge in [0.05, 0.1) is 11.0 Å². The van der Waals surface area contributed by atoms with Crippen molar-refractivity contribution in [1.29, 1.82) is 0 Å². The first kappa shape index (κ1) is 20.9. The molecule has 3 nitrogen and oxygen atoms in total. The van der Waals surface area contributed by atoms with Crippen molar-refractivity contribution in [3.63, 3.8) is 0 Å². The van der Waals surface area contributed by atoms with E-state index in [-0.39, 0.29) is 6.84 Å². The van der Waals surface area contributed by atoms with Crippen LogP contribution in [-0.4, -0.2) is 10.2 Å². The Bertz CT molecular complexity index is 877. The second-order valence-electron chi connectivity index (χ2n) is 8.02. The summed E-state index contributed by atoms with van der Waals surface area (Å²) in [6.07, 6.45) is 4.27. The number of hydrogen-bond donors (Lipinski definition) is 3. The van der Waals surface area contributed by atoms with E-state index in [1.165, 1.54) is 33.3 Å². The summed E-state index contributed by atoms with van der Waals surface area (Å²) >= 11 is 0. The molecular weight excluding hydrogens is 330 g/mol. The third-order valence-corrected chi connectivity index (χ3v) is 4.57. The number of aromatic nitrogens is 2. The van der Waals surface area contributed by atoms with E-state index in [0.717, 1.165) is 5.69 Å². The van der Waals surface area contributed by atoms with Gasteiger partial charge in [0, 0.05) is 19.1 Å². The number of fused-ring (bicyclic) bond motifs is 1. The lowest BCUT2D eigenvalue weighted by Crippen LogP contribution is -2.13. The molecule has 3 heteroatoms. The van der Waals surface area contributed by atoms with Crippen molar-refractivity contribution in [2.75, 3.05) is 5.73 Å². The molecule has 27 heavy (non-hydrogen) atoms. The number of benzene rings is 2. The molecule has 1 aliphatic carbocycles. The summed E-state index contributed by atoms with van der Waals surface area (Å²) in [5.41, 5.74) is 14.9. The molecule has 0 saturated heterocycles. The zero-order valence-electron chi connectivity index (χ0n) is 17.8. The fourth-order valence-electron chi connectivity index (χ4n) is 2.89. The summed E-state index contributed by atoms with van der Waals surface area (Å²) in [5, 5.41) is 5.88. The predicted molar refractivity (Wildman–Crippen MR) is 122 cm³/mol. The maximum atomic E-state index is 6.24. The van der Waals surface area contributed by atoms with E-state index in [2.05, 4.69) is 69.4 Å². The molecule has 1 heterocycles. The largest absolute Gasteiger partial charge is 0.398 e. The quantitative estimate of drug-likeness (QED) is 0.418. The molecule has 0 fully saturated rings. The molecular formula is C24H36N3. The fraction of sp³-hybridized carbons (Fsp3) is 0.375. The van der Waals surface area contributed by atoms with Gasteiger partial charge in [-0.25, -0.2) is 0 Å². The molecule has 3 aromatic rings. The van der Waals surface area contributed by atoms with Crippen LogP contribution in [0.4, 0.5) is 5.69 Å². The highest BCUT2D eigenvalue weighted by atomic mass is 15.1. The molecule has 0 aliphatic heterocycles. The highest BCUT2D eigenvalue weighted by Crippen LogP contribution is 2.41. The molecule has 1 radical (unpaired) electrons. The normalized spacial score (nSPS) is 12.8. The lowest BCUT2D eigenvalue weighted by atomic mass is 9.82. The van der Waals surface area contributed by atoms with Crippen molar-refractivity contribution >= 4 is 22.3 Å². The second kappa shape index (κ2) is 8.51.